The third-order valence-electron chi connectivity index (χ3n) is 3.57. The molecule has 0 spiro atoms. The van der Waals surface area contributed by atoms with Crippen molar-refractivity contribution in [3.63, 3.8) is 0 Å². The molecular formula is C15H14N2S. The van der Waals surface area contributed by atoms with Crippen LogP contribution in [0.4, 0.5) is 0 Å². The molecule has 1 aromatic carbocycles. The summed E-state index contributed by atoms with van der Waals surface area (Å²) in [5, 5.41) is 10.3. The van der Waals surface area contributed by atoms with Gasteiger partial charge in [-0.3, -0.25) is 0 Å². The molecule has 1 aliphatic rings. The zero-order chi connectivity index (χ0) is 12.8. The lowest BCUT2D eigenvalue weighted by Crippen LogP contribution is -2.01. The molecule has 0 bridgehead atoms. The van der Waals surface area contributed by atoms with Gasteiger partial charge in [-0.05, 0) is 32.3 Å². The first-order valence-electron chi connectivity index (χ1n) is 6.11. The Kier molecular flexibility index (Phi) is 2.49. The van der Waals surface area contributed by atoms with Crippen molar-refractivity contribution in [2.45, 2.75) is 32.1 Å². The molecular weight excluding hydrogens is 240 g/mol. The maximum absolute atomic E-state index is 9.25. The Bertz CT molecular complexity index is 645. The number of rotatable bonds is 2. The standard InChI is InChI=1S/C15H14N2S/c1-10-5-3-4-6-12(10)13-11(2)18-14(17-13)15(9-16)7-8-15/h3-6H,7-8H2,1-2H3. The summed E-state index contributed by atoms with van der Waals surface area (Å²) in [6.45, 7) is 4.20. The van der Waals surface area contributed by atoms with Crippen molar-refractivity contribution < 1.29 is 0 Å². The second kappa shape index (κ2) is 3.93. The van der Waals surface area contributed by atoms with E-state index in [1.54, 1.807) is 11.3 Å². The van der Waals surface area contributed by atoms with E-state index in [1.807, 2.05) is 12.1 Å². The smallest absolute Gasteiger partial charge is 0.114 e. The van der Waals surface area contributed by atoms with Gasteiger partial charge in [-0.25, -0.2) is 4.98 Å². The van der Waals surface area contributed by atoms with Gasteiger partial charge in [0, 0.05) is 10.4 Å². The maximum atomic E-state index is 9.25. The molecule has 0 radical (unpaired) electrons. The summed E-state index contributed by atoms with van der Waals surface area (Å²) < 4.78 is 0. The molecule has 0 unspecified atom stereocenters. The Hall–Kier alpha value is -1.66. The highest BCUT2D eigenvalue weighted by atomic mass is 32.1. The number of nitriles is 1. The molecule has 1 aliphatic carbocycles. The average molecular weight is 254 g/mol. The summed E-state index contributed by atoms with van der Waals surface area (Å²) in [6, 6.07) is 10.7. The summed E-state index contributed by atoms with van der Waals surface area (Å²) in [4.78, 5) is 5.95. The number of hydrogen-bond acceptors (Lipinski definition) is 3. The summed E-state index contributed by atoms with van der Waals surface area (Å²) in [6.07, 6.45) is 1.92. The number of nitrogens with zero attached hydrogens (tertiary/aromatic N) is 2. The topological polar surface area (TPSA) is 36.7 Å². The van der Waals surface area contributed by atoms with Gasteiger partial charge in [0.05, 0.1) is 11.8 Å². The molecule has 3 heteroatoms. The van der Waals surface area contributed by atoms with Crippen LogP contribution in [0.15, 0.2) is 24.3 Å². The minimum absolute atomic E-state index is 0.267. The van der Waals surface area contributed by atoms with Gasteiger partial charge in [-0.1, -0.05) is 24.3 Å². The van der Waals surface area contributed by atoms with E-state index in [9.17, 15) is 5.26 Å². The van der Waals surface area contributed by atoms with E-state index < -0.39 is 0 Å². The summed E-state index contributed by atoms with van der Waals surface area (Å²) in [5.74, 6) is 0. The van der Waals surface area contributed by atoms with Crippen molar-refractivity contribution in [2.24, 2.45) is 0 Å². The van der Waals surface area contributed by atoms with Crippen molar-refractivity contribution >= 4 is 11.3 Å². The van der Waals surface area contributed by atoms with Crippen molar-refractivity contribution in [2.75, 3.05) is 0 Å². The number of thiazole rings is 1. The van der Waals surface area contributed by atoms with Crippen molar-refractivity contribution in [1.29, 1.82) is 5.26 Å². The lowest BCUT2D eigenvalue weighted by atomic mass is 10.1. The SMILES string of the molecule is Cc1ccccc1-c1nc(C2(C#N)CC2)sc1C. The Morgan fingerprint density at radius 1 is 1.28 bits per heavy atom. The molecule has 1 saturated carbocycles. The Morgan fingerprint density at radius 2 is 2.00 bits per heavy atom. The molecule has 2 aromatic rings. The molecule has 18 heavy (non-hydrogen) atoms. The van der Waals surface area contributed by atoms with E-state index in [1.165, 1.54) is 16.0 Å². The molecule has 1 heterocycles. The molecule has 2 nitrogen and oxygen atoms in total. The fourth-order valence-electron chi connectivity index (χ4n) is 2.19. The second-order valence-corrected chi connectivity index (χ2v) is 6.14. The number of aryl methyl sites for hydroxylation is 2. The van der Waals surface area contributed by atoms with Gasteiger partial charge >= 0.3 is 0 Å². The number of hydrogen-bond donors (Lipinski definition) is 0. The summed E-state index contributed by atoms with van der Waals surface area (Å²) in [7, 11) is 0. The lowest BCUT2D eigenvalue weighted by Gasteiger charge is -2.03. The van der Waals surface area contributed by atoms with E-state index in [-0.39, 0.29) is 5.41 Å². The third-order valence-corrected chi connectivity index (χ3v) is 4.75. The molecule has 3 rings (SSSR count). The predicted molar refractivity (Wildman–Crippen MR) is 73.5 cm³/mol. The largest absolute Gasteiger partial charge is 0.239 e. The average Bonchev–Trinajstić information content (AvgIpc) is 3.08. The van der Waals surface area contributed by atoms with E-state index >= 15 is 0 Å². The fourth-order valence-corrected chi connectivity index (χ4v) is 3.31. The van der Waals surface area contributed by atoms with Crippen LogP contribution < -0.4 is 0 Å². The molecule has 0 aliphatic heterocycles. The lowest BCUT2D eigenvalue weighted by molar-refractivity contribution is 0.891. The normalized spacial score (nSPS) is 16.3. The van der Waals surface area contributed by atoms with Crippen LogP contribution in [0, 0.1) is 25.2 Å². The van der Waals surface area contributed by atoms with Gasteiger partial charge in [0.15, 0.2) is 0 Å². The Balaban J connectivity index is 2.10. The number of benzene rings is 1. The first kappa shape index (κ1) is 11.4. The van der Waals surface area contributed by atoms with Crippen LogP contribution in [-0.2, 0) is 5.41 Å². The minimum atomic E-state index is -0.267. The molecule has 1 fully saturated rings. The summed E-state index contributed by atoms with van der Waals surface area (Å²) >= 11 is 1.68. The van der Waals surface area contributed by atoms with Crippen LogP contribution in [0.25, 0.3) is 11.3 Å². The first-order chi connectivity index (χ1) is 8.66. The molecule has 0 saturated heterocycles. The number of aromatic nitrogens is 1. The minimum Gasteiger partial charge on any atom is -0.239 e. The van der Waals surface area contributed by atoms with E-state index in [4.69, 9.17) is 4.98 Å². The highest BCUT2D eigenvalue weighted by Crippen LogP contribution is 2.50. The highest BCUT2D eigenvalue weighted by Gasteiger charge is 2.48. The van der Waals surface area contributed by atoms with Crippen LogP contribution in [-0.4, -0.2) is 4.98 Å². The maximum Gasteiger partial charge on any atom is 0.114 e. The first-order valence-corrected chi connectivity index (χ1v) is 6.93. The quantitative estimate of drug-likeness (QED) is 0.812. The third kappa shape index (κ3) is 1.65. The molecule has 0 N–H and O–H groups in total. The van der Waals surface area contributed by atoms with Crippen molar-refractivity contribution in [3.8, 4) is 17.3 Å². The highest BCUT2D eigenvalue weighted by molar-refractivity contribution is 7.12. The van der Waals surface area contributed by atoms with Crippen LogP contribution in [0.5, 0.6) is 0 Å². The van der Waals surface area contributed by atoms with Gasteiger partial charge in [-0.2, -0.15) is 5.26 Å². The monoisotopic (exact) mass is 254 g/mol. The van der Waals surface area contributed by atoms with Crippen LogP contribution in [0.3, 0.4) is 0 Å². The van der Waals surface area contributed by atoms with Crippen molar-refractivity contribution in [3.05, 3.63) is 39.7 Å². The van der Waals surface area contributed by atoms with Crippen LogP contribution >= 0.6 is 11.3 Å². The zero-order valence-corrected chi connectivity index (χ0v) is 11.3. The summed E-state index contributed by atoms with van der Waals surface area (Å²) in [5.41, 5.74) is 3.20. The second-order valence-electron chi connectivity index (χ2n) is 4.93. The van der Waals surface area contributed by atoms with Gasteiger partial charge in [0.25, 0.3) is 0 Å². The molecule has 0 atom stereocenters. The van der Waals surface area contributed by atoms with E-state index in [2.05, 4.69) is 32.0 Å². The van der Waals surface area contributed by atoms with Crippen LogP contribution in [0.2, 0.25) is 0 Å². The zero-order valence-electron chi connectivity index (χ0n) is 10.5. The van der Waals surface area contributed by atoms with Gasteiger partial charge in [-0.15, -0.1) is 11.3 Å². The molecule has 0 amide bonds. The molecule has 1 aromatic heterocycles. The van der Waals surface area contributed by atoms with Gasteiger partial charge < -0.3 is 0 Å². The van der Waals surface area contributed by atoms with Crippen molar-refractivity contribution in [1.82, 2.24) is 4.98 Å². The van der Waals surface area contributed by atoms with E-state index in [0.717, 1.165) is 23.5 Å². The molecule has 90 valence electrons. The predicted octanol–water partition coefficient (Wildman–Crippen LogP) is 3.98. The fraction of sp³-hybridized carbons (Fsp3) is 0.333. The Morgan fingerprint density at radius 3 is 2.61 bits per heavy atom. The van der Waals surface area contributed by atoms with Gasteiger partial charge in [0.1, 0.15) is 10.4 Å². The van der Waals surface area contributed by atoms with E-state index in [0.29, 0.717) is 0 Å². The van der Waals surface area contributed by atoms with Crippen LogP contribution in [0.1, 0.15) is 28.3 Å². The Labute approximate surface area is 111 Å². The van der Waals surface area contributed by atoms with Gasteiger partial charge in [0.2, 0.25) is 0 Å².